The molecule has 1 nitrogen and oxygen atoms in total. The van der Waals surface area contributed by atoms with Gasteiger partial charge in [-0.25, -0.2) is 0 Å². The normalized spacial score (nSPS) is 10.1. The average Bonchev–Trinajstić information content (AvgIpc) is 1.67. The Labute approximate surface area is 71.3 Å². The van der Waals surface area contributed by atoms with Crippen molar-refractivity contribution < 1.29 is 5.11 Å². The molecule has 0 spiro atoms. The molecule has 0 saturated heterocycles. The molecule has 0 fully saturated rings. The molecule has 0 atom stereocenters. The minimum Gasteiger partial charge on any atom is -0.855 e. The summed E-state index contributed by atoms with van der Waals surface area (Å²) in [6.07, 6.45) is 0. The van der Waals surface area contributed by atoms with Gasteiger partial charge in [-0.3, -0.25) is 0 Å². The molecule has 0 aliphatic heterocycles. The first-order valence-corrected chi connectivity index (χ1v) is 4.35. The summed E-state index contributed by atoms with van der Waals surface area (Å²) in [5.74, 6) is 0. The predicted molar refractivity (Wildman–Crippen MR) is 40.6 cm³/mol. The van der Waals surface area contributed by atoms with Crippen LogP contribution in [-0.4, -0.2) is 28.3 Å². The fourth-order valence-corrected chi connectivity index (χ4v) is 0. The molecule has 52 valence electrons. The summed E-state index contributed by atoms with van der Waals surface area (Å²) in [7, 11) is 0. The minimum atomic E-state index is 0. The van der Waals surface area contributed by atoms with Crippen LogP contribution in [0.15, 0.2) is 0 Å². The molecule has 0 saturated carbocycles. The van der Waals surface area contributed by atoms with Crippen LogP contribution in [0.4, 0.5) is 0 Å². The molecule has 0 aliphatic carbocycles. The standard InChI is InChI=1S/C5H11.C2H5O.Mg/c1-5(2,3)4;1-2-3;/h1H2,2-4H3;2H2,1H3;/q;-1;+1. The van der Waals surface area contributed by atoms with Crippen molar-refractivity contribution >= 4 is 21.7 Å². The van der Waals surface area contributed by atoms with E-state index in [2.05, 4.69) is 20.8 Å². The van der Waals surface area contributed by atoms with Gasteiger partial charge >= 0.3 is 52.4 Å². The summed E-state index contributed by atoms with van der Waals surface area (Å²) >= 11 is 2.04. The first-order chi connectivity index (χ1) is 3.97. The second-order valence-electron chi connectivity index (χ2n) is 3.10. The largest absolute Gasteiger partial charge is 0.855 e. The summed E-state index contributed by atoms with van der Waals surface area (Å²) in [4.78, 5) is 0. The van der Waals surface area contributed by atoms with Crippen LogP contribution in [0.3, 0.4) is 0 Å². The Bertz CT molecular complexity index is 47.4. The van der Waals surface area contributed by atoms with E-state index in [0.717, 1.165) is 0 Å². The Morgan fingerprint density at radius 1 is 1.33 bits per heavy atom. The monoisotopic (exact) mass is 140 g/mol. The smallest absolute Gasteiger partial charge is 0.0809 e. The molecular weight excluding hydrogens is 124 g/mol. The van der Waals surface area contributed by atoms with E-state index in [-0.39, 0.29) is 6.61 Å². The summed E-state index contributed by atoms with van der Waals surface area (Å²) in [6, 6.07) is 0. The van der Waals surface area contributed by atoms with Gasteiger partial charge in [0.05, 0.1) is 0 Å². The van der Waals surface area contributed by atoms with E-state index in [0.29, 0.717) is 5.41 Å². The molecule has 0 unspecified atom stereocenters. The maximum Gasteiger partial charge on any atom is -0.0809 e. The van der Waals surface area contributed by atoms with Gasteiger partial charge in [-0.2, -0.15) is 0 Å². The maximum absolute atomic E-state index is 8.93. The van der Waals surface area contributed by atoms with Gasteiger partial charge in [0.15, 0.2) is 0 Å². The van der Waals surface area contributed by atoms with Crippen molar-refractivity contribution in [2.75, 3.05) is 6.61 Å². The molecule has 0 aromatic heterocycles. The molecule has 0 rings (SSSR count). The third kappa shape index (κ3) is 28.4. The van der Waals surface area contributed by atoms with Crippen LogP contribution in [0, 0.1) is 5.41 Å². The molecule has 0 aliphatic rings. The van der Waals surface area contributed by atoms with Gasteiger partial charge < -0.3 is 5.11 Å². The first-order valence-electron chi connectivity index (χ1n) is 3.35. The van der Waals surface area contributed by atoms with Crippen LogP contribution < -0.4 is 5.11 Å². The molecule has 0 amide bonds. The summed E-state index contributed by atoms with van der Waals surface area (Å²) < 4.78 is 1.30. The van der Waals surface area contributed by atoms with E-state index in [4.69, 9.17) is 5.11 Å². The predicted octanol–water partition coefficient (Wildman–Crippen LogP) is 0.986. The maximum atomic E-state index is 8.93. The molecular formula is C7H16MgO. The van der Waals surface area contributed by atoms with E-state index < -0.39 is 0 Å². The zero-order valence-corrected chi connectivity index (χ0v) is 8.44. The van der Waals surface area contributed by atoms with Crippen LogP contribution in [0.2, 0.25) is 4.55 Å². The van der Waals surface area contributed by atoms with Crippen molar-refractivity contribution in [3.63, 3.8) is 0 Å². The average molecular weight is 141 g/mol. The fraction of sp³-hybridized carbons (Fsp3) is 1.00. The summed E-state index contributed by atoms with van der Waals surface area (Å²) in [6.45, 7) is 8.32. The Morgan fingerprint density at radius 3 is 1.44 bits per heavy atom. The topological polar surface area (TPSA) is 23.1 Å². The zero-order chi connectivity index (χ0) is 7.91. The van der Waals surface area contributed by atoms with Crippen LogP contribution in [-0.2, 0) is 0 Å². The zero-order valence-electron chi connectivity index (χ0n) is 7.03. The number of rotatable bonds is 0. The molecule has 0 aromatic rings. The van der Waals surface area contributed by atoms with Gasteiger partial charge in [-0.1, -0.05) is 6.92 Å². The van der Waals surface area contributed by atoms with E-state index in [1.54, 1.807) is 6.92 Å². The van der Waals surface area contributed by atoms with Crippen molar-refractivity contribution in [1.82, 2.24) is 0 Å². The Hall–Kier alpha value is 0.726. The second kappa shape index (κ2) is 6.84. The van der Waals surface area contributed by atoms with Gasteiger partial charge in [0.25, 0.3) is 0 Å². The minimum absolute atomic E-state index is 0. The second-order valence-corrected chi connectivity index (χ2v) is 3.60. The molecule has 0 radical (unpaired) electrons. The Kier molecular flexibility index (Phi) is 9.43. The SMILES string of the molecule is CC(C)(C)[CH2][Mg+].CC[O-]. The van der Waals surface area contributed by atoms with E-state index in [9.17, 15) is 0 Å². The Balaban J connectivity index is 0. The van der Waals surface area contributed by atoms with Crippen LogP contribution >= 0.6 is 0 Å². The third-order valence-electron chi connectivity index (χ3n) is 0.750. The molecule has 0 N–H and O–H groups in total. The van der Waals surface area contributed by atoms with Crippen molar-refractivity contribution in [3.05, 3.63) is 0 Å². The van der Waals surface area contributed by atoms with Gasteiger partial charge in [-0.05, 0) is 0 Å². The number of hydrogen-bond acceptors (Lipinski definition) is 1. The van der Waals surface area contributed by atoms with Gasteiger partial charge in [0, 0.05) is 0 Å². The van der Waals surface area contributed by atoms with Crippen LogP contribution in [0.1, 0.15) is 27.7 Å². The fourth-order valence-electron chi connectivity index (χ4n) is 0. The van der Waals surface area contributed by atoms with Crippen molar-refractivity contribution in [2.45, 2.75) is 32.2 Å². The van der Waals surface area contributed by atoms with Crippen molar-refractivity contribution in [3.8, 4) is 0 Å². The molecule has 0 aromatic carbocycles. The van der Waals surface area contributed by atoms with E-state index in [1.807, 2.05) is 21.7 Å². The summed E-state index contributed by atoms with van der Waals surface area (Å²) in [5, 5.41) is 8.93. The van der Waals surface area contributed by atoms with E-state index >= 15 is 0 Å². The quantitative estimate of drug-likeness (QED) is 0.460. The molecule has 0 bridgehead atoms. The van der Waals surface area contributed by atoms with Crippen molar-refractivity contribution in [1.29, 1.82) is 0 Å². The molecule has 0 heterocycles. The van der Waals surface area contributed by atoms with Crippen molar-refractivity contribution in [2.24, 2.45) is 5.41 Å². The van der Waals surface area contributed by atoms with Gasteiger partial charge in [0.2, 0.25) is 0 Å². The molecule has 2 heteroatoms. The number of hydrogen-bond donors (Lipinski definition) is 0. The summed E-state index contributed by atoms with van der Waals surface area (Å²) in [5.41, 5.74) is 0.554. The van der Waals surface area contributed by atoms with Gasteiger partial charge in [0.1, 0.15) is 0 Å². The first kappa shape index (κ1) is 12.4. The third-order valence-corrected chi connectivity index (χ3v) is 2.25. The molecule has 9 heavy (non-hydrogen) atoms. The van der Waals surface area contributed by atoms with Gasteiger partial charge in [-0.15, -0.1) is 6.61 Å². The Morgan fingerprint density at radius 2 is 1.44 bits per heavy atom. The van der Waals surface area contributed by atoms with E-state index in [1.165, 1.54) is 4.55 Å². The van der Waals surface area contributed by atoms with Crippen LogP contribution in [0.5, 0.6) is 0 Å². The van der Waals surface area contributed by atoms with Crippen LogP contribution in [0.25, 0.3) is 0 Å².